The number of esters is 1. The van der Waals surface area contributed by atoms with Gasteiger partial charge in [-0.2, -0.15) is 13.8 Å². The second-order valence-corrected chi connectivity index (χ2v) is 7.91. The number of methoxy groups -OCH3 is 1. The van der Waals surface area contributed by atoms with Crippen LogP contribution in [0.25, 0.3) is 0 Å². The van der Waals surface area contributed by atoms with Crippen molar-refractivity contribution in [2.24, 2.45) is 0 Å². The molecule has 1 fully saturated rings. The number of aromatic nitrogens is 2. The lowest BCUT2D eigenvalue weighted by Crippen LogP contribution is -2.42. The molecule has 1 aromatic heterocycles. The maximum atomic E-state index is 14.5. The molecular weight excluding hydrogens is 421 g/mol. The van der Waals surface area contributed by atoms with E-state index in [4.69, 9.17) is 19.5 Å². The van der Waals surface area contributed by atoms with Crippen LogP contribution in [0, 0.1) is 0 Å². The van der Waals surface area contributed by atoms with E-state index in [1.165, 1.54) is 6.92 Å². The van der Waals surface area contributed by atoms with E-state index in [0.717, 1.165) is 26.5 Å². The van der Waals surface area contributed by atoms with Gasteiger partial charge in [-0.05, 0) is 13.0 Å². The van der Waals surface area contributed by atoms with Crippen molar-refractivity contribution in [2.45, 2.75) is 37.3 Å². The number of nitrogens with two attached hydrogens (primary N) is 1. The molecule has 1 aliphatic heterocycles. The number of alkyl halides is 2. The Kier molecular flexibility index (Phi) is 7.09. The number of hydrogen-bond donors (Lipinski definition) is 3. The molecular formula is C14H21F2N4O8P. The number of aliphatic hydroxyl groups excluding tert-OH is 1. The predicted molar refractivity (Wildman–Crippen MR) is 93.0 cm³/mol. The summed E-state index contributed by atoms with van der Waals surface area (Å²) in [5.74, 6) is -4.86. The molecule has 2 rings (SSSR count). The summed E-state index contributed by atoms with van der Waals surface area (Å²) in [5, 5.41) is 12.2. The highest BCUT2D eigenvalue weighted by Crippen LogP contribution is 2.47. The van der Waals surface area contributed by atoms with E-state index in [-0.39, 0.29) is 5.82 Å². The molecule has 1 aliphatic rings. The maximum Gasteiger partial charge on any atom is 0.406 e. The first kappa shape index (κ1) is 23.3. The number of carbonyl (C=O) groups is 1. The van der Waals surface area contributed by atoms with Gasteiger partial charge in [0.1, 0.15) is 18.0 Å². The standard InChI is InChI=1S/C14H21F2N4O8P/c1-7(11(22)25-2)19-29(24,26-3)27-6-8-10(21)14(15,16)12(28-8)20-5-4-9(17)18-13(20)23/h4-5,7-8,10,12,21H,6H2,1-3H3,(H,19,24)(H2,17,18,23). The number of hydrogen-bond acceptors (Lipinski definition) is 10. The molecule has 0 spiro atoms. The summed E-state index contributed by atoms with van der Waals surface area (Å²) >= 11 is 0. The van der Waals surface area contributed by atoms with Crippen LogP contribution < -0.4 is 16.5 Å². The fourth-order valence-corrected chi connectivity index (χ4v) is 3.70. The van der Waals surface area contributed by atoms with Crippen molar-refractivity contribution in [1.29, 1.82) is 0 Å². The summed E-state index contributed by atoms with van der Waals surface area (Å²) in [6, 6.07) is 0.00250. The Labute approximate surface area is 163 Å². The summed E-state index contributed by atoms with van der Waals surface area (Å²) in [7, 11) is -2.03. The van der Waals surface area contributed by atoms with Gasteiger partial charge in [0, 0.05) is 13.3 Å². The normalized spacial score (nSPS) is 26.6. The van der Waals surface area contributed by atoms with E-state index in [9.17, 15) is 28.0 Å². The molecule has 29 heavy (non-hydrogen) atoms. The molecule has 5 unspecified atom stereocenters. The molecule has 0 aliphatic carbocycles. The van der Waals surface area contributed by atoms with Crippen LogP contribution in [-0.2, 0) is 27.9 Å². The first-order chi connectivity index (χ1) is 13.4. The molecule has 1 saturated heterocycles. The number of aliphatic hydroxyl groups is 1. The molecule has 12 nitrogen and oxygen atoms in total. The molecule has 0 saturated carbocycles. The fourth-order valence-electron chi connectivity index (χ4n) is 2.49. The van der Waals surface area contributed by atoms with E-state index >= 15 is 0 Å². The van der Waals surface area contributed by atoms with Gasteiger partial charge in [-0.3, -0.25) is 13.9 Å². The minimum absolute atomic E-state index is 0.181. The van der Waals surface area contributed by atoms with E-state index < -0.39 is 56.4 Å². The lowest BCUT2D eigenvalue weighted by molar-refractivity contribution is -0.142. The molecule has 0 aromatic carbocycles. The number of nitrogen functional groups attached to an aromatic ring is 1. The Morgan fingerprint density at radius 1 is 1.55 bits per heavy atom. The highest BCUT2D eigenvalue weighted by atomic mass is 31.2. The molecule has 15 heteroatoms. The summed E-state index contributed by atoms with van der Waals surface area (Å²) in [5.41, 5.74) is 4.21. The number of rotatable bonds is 8. The third-order valence-electron chi connectivity index (χ3n) is 4.04. The van der Waals surface area contributed by atoms with Crippen molar-refractivity contribution in [3.05, 3.63) is 22.7 Å². The van der Waals surface area contributed by atoms with Crippen molar-refractivity contribution in [1.82, 2.24) is 14.6 Å². The van der Waals surface area contributed by atoms with Gasteiger partial charge in [0.2, 0.25) is 6.23 Å². The SMILES string of the molecule is COC(=O)C(C)NP(=O)(OC)OCC1OC(n2ccc(N)nc2=O)C(F)(F)C1O. The molecule has 2 heterocycles. The van der Waals surface area contributed by atoms with Crippen molar-refractivity contribution < 1.29 is 41.8 Å². The number of ether oxygens (including phenoxy) is 2. The lowest BCUT2D eigenvalue weighted by atomic mass is 10.1. The van der Waals surface area contributed by atoms with Gasteiger partial charge < -0.3 is 24.8 Å². The average molecular weight is 442 g/mol. The third-order valence-corrected chi connectivity index (χ3v) is 5.71. The highest BCUT2D eigenvalue weighted by Gasteiger charge is 2.60. The maximum absolute atomic E-state index is 14.5. The van der Waals surface area contributed by atoms with Crippen molar-refractivity contribution in [2.75, 3.05) is 26.6 Å². The molecule has 164 valence electrons. The summed E-state index contributed by atoms with van der Waals surface area (Å²) in [6.07, 6.45) is -5.34. The monoisotopic (exact) mass is 442 g/mol. The van der Waals surface area contributed by atoms with Gasteiger partial charge in [0.25, 0.3) is 0 Å². The topological polar surface area (TPSA) is 164 Å². The number of carbonyl (C=O) groups excluding carboxylic acids is 1. The minimum Gasteiger partial charge on any atom is -0.468 e. The van der Waals surface area contributed by atoms with Crippen LogP contribution in [0.4, 0.5) is 14.6 Å². The number of nitrogens with one attached hydrogen (secondary N) is 1. The first-order valence-electron chi connectivity index (χ1n) is 8.17. The third kappa shape index (κ3) is 4.97. The second-order valence-electron chi connectivity index (χ2n) is 6.04. The van der Waals surface area contributed by atoms with Gasteiger partial charge in [0.15, 0.2) is 6.10 Å². The molecule has 1 aromatic rings. The Morgan fingerprint density at radius 2 is 2.21 bits per heavy atom. The van der Waals surface area contributed by atoms with E-state index in [0.29, 0.717) is 4.57 Å². The Hall–Kier alpha value is -1.96. The zero-order chi connectivity index (χ0) is 22.0. The van der Waals surface area contributed by atoms with Crippen LogP contribution in [-0.4, -0.2) is 65.6 Å². The van der Waals surface area contributed by atoms with Crippen LogP contribution in [0.3, 0.4) is 0 Å². The smallest absolute Gasteiger partial charge is 0.406 e. The lowest BCUT2D eigenvalue weighted by Gasteiger charge is -2.22. The second kappa shape index (κ2) is 8.81. The molecule has 5 atom stereocenters. The Morgan fingerprint density at radius 3 is 2.76 bits per heavy atom. The van der Waals surface area contributed by atoms with Gasteiger partial charge in [-0.1, -0.05) is 0 Å². The zero-order valence-electron chi connectivity index (χ0n) is 15.7. The molecule has 0 bridgehead atoms. The van der Waals surface area contributed by atoms with Crippen LogP contribution in [0.15, 0.2) is 17.1 Å². The Bertz CT molecular complexity index is 853. The summed E-state index contributed by atoms with van der Waals surface area (Å²) in [6.45, 7) is 0.503. The van der Waals surface area contributed by atoms with Crippen LogP contribution in [0.2, 0.25) is 0 Å². The number of halogens is 2. The van der Waals surface area contributed by atoms with E-state index in [2.05, 4.69) is 14.8 Å². The van der Waals surface area contributed by atoms with E-state index in [1.54, 1.807) is 0 Å². The number of nitrogens with zero attached hydrogens (tertiary/aromatic N) is 2. The molecule has 4 N–H and O–H groups in total. The first-order valence-corrected chi connectivity index (χ1v) is 9.71. The number of anilines is 1. The van der Waals surface area contributed by atoms with Gasteiger partial charge >= 0.3 is 25.3 Å². The Balaban J connectivity index is 2.14. The van der Waals surface area contributed by atoms with E-state index in [1.807, 2.05) is 0 Å². The van der Waals surface area contributed by atoms with Crippen LogP contribution >= 0.6 is 7.75 Å². The predicted octanol–water partition coefficient (Wildman–Crippen LogP) is -0.359. The van der Waals surface area contributed by atoms with Crippen molar-refractivity contribution in [3.63, 3.8) is 0 Å². The highest BCUT2D eigenvalue weighted by molar-refractivity contribution is 7.51. The van der Waals surface area contributed by atoms with Crippen LogP contribution in [0.5, 0.6) is 0 Å². The molecule has 0 radical (unpaired) electrons. The van der Waals surface area contributed by atoms with Gasteiger partial charge in [-0.25, -0.2) is 14.4 Å². The largest absolute Gasteiger partial charge is 0.468 e. The van der Waals surface area contributed by atoms with Gasteiger partial charge in [-0.15, -0.1) is 0 Å². The zero-order valence-corrected chi connectivity index (χ0v) is 16.5. The van der Waals surface area contributed by atoms with Crippen molar-refractivity contribution in [3.8, 4) is 0 Å². The van der Waals surface area contributed by atoms with Crippen molar-refractivity contribution >= 4 is 19.5 Å². The average Bonchev–Trinajstić information content (AvgIpc) is 2.89. The summed E-state index contributed by atoms with van der Waals surface area (Å²) < 4.78 is 61.1. The van der Waals surface area contributed by atoms with Gasteiger partial charge in [0.05, 0.1) is 13.7 Å². The molecule has 0 amide bonds. The fraction of sp³-hybridized carbons (Fsp3) is 0.643. The summed E-state index contributed by atoms with van der Waals surface area (Å²) in [4.78, 5) is 26.6. The minimum atomic E-state index is -4.14. The quantitative estimate of drug-likeness (QED) is 0.356. The van der Waals surface area contributed by atoms with Crippen LogP contribution in [0.1, 0.15) is 13.2 Å².